The summed E-state index contributed by atoms with van der Waals surface area (Å²) in [6, 6.07) is 0. The van der Waals surface area contributed by atoms with E-state index in [1.54, 1.807) is 0 Å². The molecule has 2 aromatic rings. The zero-order valence-electron chi connectivity index (χ0n) is 10.6. The van der Waals surface area contributed by atoms with Crippen molar-refractivity contribution < 1.29 is 4.52 Å². The number of rotatable bonds is 5. The van der Waals surface area contributed by atoms with Crippen LogP contribution in [0.4, 0.5) is 0 Å². The van der Waals surface area contributed by atoms with Crippen LogP contribution in [0.3, 0.4) is 0 Å². The number of aromatic nitrogens is 4. The van der Waals surface area contributed by atoms with Gasteiger partial charge in [-0.1, -0.05) is 25.9 Å². The SMILES string of the molecule is CCc1nc(Cn2ccnc2[C@H](C)CC)no1. The molecular weight excluding hydrogens is 216 g/mol. The van der Waals surface area contributed by atoms with E-state index in [2.05, 4.69) is 33.5 Å². The van der Waals surface area contributed by atoms with Crippen LogP contribution in [0.1, 0.15) is 50.6 Å². The van der Waals surface area contributed by atoms with Gasteiger partial charge in [-0.15, -0.1) is 0 Å². The van der Waals surface area contributed by atoms with Crippen LogP contribution in [-0.2, 0) is 13.0 Å². The lowest BCUT2D eigenvalue weighted by atomic mass is 10.1. The molecule has 0 spiro atoms. The lowest BCUT2D eigenvalue weighted by molar-refractivity contribution is 0.375. The Morgan fingerprint density at radius 1 is 1.41 bits per heavy atom. The molecule has 1 atom stereocenters. The van der Waals surface area contributed by atoms with E-state index in [1.165, 1.54) is 0 Å². The van der Waals surface area contributed by atoms with Gasteiger partial charge in [0.2, 0.25) is 5.89 Å². The van der Waals surface area contributed by atoms with Crippen LogP contribution in [0.15, 0.2) is 16.9 Å². The summed E-state index contributed by atoms with van der Waals surface area (Å²) in [5.74, 6) is 2.92. The van der Waals surface area contributed by atoms with Crippen molar-refractivity contribution in [2.45, 2.75) is 46.1 Å². The van der Waals surface area contributed by atoms with Gasteiger partial charge < -0.3 is 9.09 Å². The Labute approximate surface area is 101 Å². The standard InChI is InChI=1S/C12H18N4O/c1-4-9(3)12-13-6-7-16(12)8-10-14-11(5-2)17-15-10/h6-7,9H,4-5,8H2,1-3H3/t9-/m1/s1. The van der Waals surface area contributed by atoms with Gasteiger partial charge in [-0.3, -0.25) is 0 Å². The lowest BCUT2D eigenvalue weighted by Crippen LogP contribution is -2.08. The molecule has 0 saturated heterocycles. The zero-order valence-corrected chi connectivity index (χ0v) is 10.6. The quantitative estimate of drug-likeness (QED) is 0.797. The van der Waals surface area contributed by atoms with Gasteiger partial charge in [0, 0.05) is 24.7 Å². The molecule has 0 saturated carbocycles. The van der Waals surface area contributed by atoms with Gasteiger partial charge in [-0.2, -0.15) is 4.98 Å². The molecule has 0 unspecified atom stereocenters. The van der Waals surface area contributed by atoms with Gasteiger partial charge in [-0.25, -0.2) is 4.98 Å². The fraction of sp³-hybridized carbons (Fsp3) is 0.583. The number of imidazole rings is 1. The summed E-state index contributed by atoms with van der Waals surface area (Å²) in [5, 5.41) is 3.95. The Balaban J connectivity index is 2.15. The fourth-order valence-electron chi connectivity index (χ4n) is 1.72. The van der Waals surface area contributed by atoms with Crippen molar-refractivity contribution in [3.05, 3.63) is 29.9 Å². The minimum absolute atomic E-state index is 0.447. The molecule has 0 aromatic carbocycles. The molecular formula is C12H18N4O. The van der Waals surface area contributed by atoms with Crippen molar-refractivity contribution in [1.82, 2.24) is 19.7 Å². The first kappa shape index (κ1) is 11.8. The monoisotopic (exact) mass is 234 g/mol. The molecule has 0 bridgehead atoms. The minimum atomic E-state index is 0.447. The number of hydrogen-bond acceptors (Lipinski definition) is 4. The van der Waals surface area contributed by atoms with Crippen LogP contribution in [0.25, 0.3) is 0 Å². The number of hydrogen-bond donors (Lipinski definition) is 0. The van der Waals surface area contributed by atoms with Crippen molar-refractivity contribution in [2.24, 2.45) is 0 Å². The van der Waals surface area contributed by atoms with Crippen molar-refractivity contribution in [3.63, 3.8) is 0 Å². The van der Waals surface area contributed by atoms with Crippen molar-refractivity contribution in [3.8, 4) is 0 Å². The fourth-order valence-corrected chi connectivity index (χ4v) is 1.72. The lowest BCUT2D eigenvalue weighted by Gasteiger charge is -2.10. The van der Waals surface area contributed by atoms with Crippen molar-refractivity contribution >= 4 is 0 Å². The molecule has 0 fully saturated rings. The Morgan fingerprint density at radius 3 is 2.88 bits per heavy atom. The molecule has 2 rings (SSSR count). The molecule has 0 N–H and O–H groups in total. The summed E-state index contributed by atoms with van der Waals surface area (Å²) < 4.78 is 7.18. The molecule has 2 aromatic heterocycles. The minimum Gasteiger partial charge on any atom is -0.339 e. The summed E-state index contributed by atoms with van der Waals surface area (Å²) >= 11 is 0. The van der Waals surface area contributed by atoms with E-state index < -0.39 is 0 Å². The molecule has 0 aliphatic rings. The van der Waals surface area contributed by atoms with Gasteiger partial charge in [0.15, 0.2) is 5.82 Å². The van der Waals surface area contributed by atoms with Gasteiger partial charge >= 0.3 is 0 Å². The number of nitrogens with zero attached hydrogens (tertiary/aromatic N) is 4. The maximum Gasteiger partial charge on any atom is 0.226 e. The Morgan fingerprint density at radius 2 is 2.24 bits per heavy atom. The second kappa shape index (κ2) is 5.12. The molecule has 92 valence electrons. The summed E-state index contributed by atoms with van der Waals surface area (Å²) in [6.07, 6.45) is 5.63. The average molecular weight is 234 g/mol. The first-order valence-electron chi connectivity index (χ1n) is 6.07. The average Bonchev–Trinajstić information content (AvgIpc) is 2.97. The zero-order chi connectivity index (χ0) is 12.3. The van der Waals surface area contributed by atoms with Gasteiger partial charge in [-0.05, 0) is 6.42 Å². The second-order valence-electron chi connectivity index (χ2n) is 4.18. The first-order chi connectivity index (χ1) is 8.24. The van der Waals surface area contributed by atoms with Gasteiger partial charge in [0.1, 0.15) is 5.82 Å². The molecule has 0 aliphatic heterocycles. The highest BCUT2D eigenvalue weighted by Crippen LogP contribution is 2.17. The summed E-state index contributed by atoms with van der Waals surface area (Å²) in [5.41, 5.74) is 0. The van der Waals surface area contributed by atoms with Crippen LogP contribution >= 0.6 is 0 Å². The van der Waals surface area contributed by atoms with E-state index in [1.807, 2.05) is 19.3 Å². The Hall–Kier alpha value is -1.65. The molecule has 2 heterocycles. The molecule has 0 radical (unpaired) electrons. The van der Waals surface area contributed by atoms with E-state index in [9.17, 15) is 0 Å². The normalized spacial score (nSPS) is 12.9. The highest BCUT2D eigenvalue weighted by atomic mass is 16.5. The molecule has 5 heteroatoms. The third kappa shape index (κ3) is 2.54. The summed E-state index contributed by atoms with van der Waals surface area (Å²) in [7, 11) is 0. The second-order valence-corrected chi connectivity index (χ2v) is 4.18. The Bertz CT molecular complexity index is 474. The van der Waals surface area contributed by atoms with Crippen LogP contribution < -0.4 is 0 Å². The smallest absolute Gasteiger partial charge is 0.226 e. The maximum atomic E-state index is 5.09. The van der Waals surface area contributed by atoms with Gasteiger partial charge in [0.25, 0.3) is 0 Å². The van der Waals surface area contributed by atoms with E-state index in [0.717, 1.165) is 18.7 Å². The van der Waals surface area contributed by atoms with E-state index in [-0.39, 0.29) is 0 Å². The highest BCUT2D eigenvalue weighted by molar-refractivity contribution is 5.01. The van der Waals surface area contributed by atoms with E-state index in [0.29, 0.717) is 24.2 Å². The third-order valence-corrected chi connectivity index (χ3v) is 2.93. The van der Waals surface area contributed by atoms with E-state index in [4.69, 9.17) is 4.52 Å². The molecule has 0 amide bonds. The molecule has 17 heavy (non-hydrogen) atoms. The Kier molecular flexibility index (Phi) is 3.56. The summed E-state index contributed by atoms with van der Waals surface area (Å²) in [6.45, 7) is 6.96. The molecule has 0 aliphatic carbocycles. The topological polar surface area (TPSA) is 56.7 Å². The number of aryl methyl sites for hydroxylation is 1. The highest BCUT2D eigenvalue weighted by Gasteiger charge is 2.12. The molecule has 5 nitrogen and oxygen atoms in total. The van der Waals surface area contributed by atoms with Crippen molar-refractivity contribution in [1.29, 1.82) is 0 Å². The third-order valence-electron chi connectivity index (χ3n) is 2.93. The first-order valence-corrected chi connectivity index (χ1v) is 6.07. The van der Waals surface area contributed by atoms with Crippen LogP contribution in [-0.4, -0.2) is 19.7 Å². The predicted molar refractivity (Wildman–Crippen MR) is 63.7 cm³/mol. The summed E-state index contributed by atoms with van der Waals surface area (Å²) in [4.78, 5) is 8.69. The van der Waals surface area contributed by atoms with E-state index >= 15 is 0 Å². The largest absolute Gasteiger partial charge is 0.339 e. The van der Waals surface area contributed by atoms with Gasteiger partial charge in [0.05, 0.1) is 6.54 Å². The van der Waals surface area contributed by atoms with Crippen molar-refractivity contribution in [2.75, 3.05) is 0 Å². The van der Waals surface area contributed by atoms with Crippen LogP contribution in [0.2, 0.25) is 0 Å². The predicted octanol–water partition coefficient (Wildman–Crippen LogP) is 2.39. The van der Waals surface area contributed by atoms with Crippen LogP contribution in [0, 0.1) is 0 Å². The maximum absolute atomic E-state index is 5.09. The van der Waals surface area contributed by atoms with Crippen LogP contribution in [0.5, 0.6) is 0 Å².